The van der Waals surface area contributed by atoms with Gasteiger partial charge in [-0.15, -0.1) is 0 Å². The molecule has 7 heteroatoms. The lowest BCUT2D eigenvalue weighted by molar-refractivity contribution is 0.0924. The van der Waals surface area contributed by atoms with Gasteiger partial charge < -0.3 is 10.2 Å². The van der Waals surface area contributed by atoms with Crippen molar-refractivity contribution in [1.29, 1.82) is 0 Å². The van der Waals surface area contributed by atoms with Crippen LogP contribution in [0, 0.1) is 6.92 Å². The Labute approximate surface area is 137 Å². The van der Waals surface area contributed by atoms with Gasteiger partial charge in [-0.1, -0.05) is 17.4 Å². The first-order chi connectivity index (χ1) is 11.1. The van der Waals surface area contributed by atoms with E-state index in [1.165, 1.54) is 10.3 Å². The molecule has 118 valence electrons. The van der Waals surface area contributed by atoms with E-state index in [0.29, 0.717) is 5.69 Å². The van der Waals surface area contributed by atoms with Crippen molar-refractivity contribution in [2.75, 3.05) is 18.0 Å². The lowest BCUT2D eigenvalue weighted by Gasteiger charge is -2.39. The number of benzene rings is 1. The van der Waals surface area contributed by atoms with E-state index in [4.69, 9.17) is 0 Å². The SMILES string of the molecule is Cc1ccc2nc(N3CC(NC(=O)c4ccn(C)n4)C3)sc2c1. The summed E-state index contributed by atoms with van der Waals surface area (Å²) in [4.78, 5) is 18.9. The van der Waals surface area contributed by atoms with E-state index in [1.807, 2.05) is 0 Å². The van der Waals surface area contributed by atoms with Crippen LogP contribution in [0.3, 0.4) is 0 Å². The van der Waals surface area contributed by atoms with Crippen LogP contribution >= 0.6 is 11.3 Å². The van der Waals surface area contributed by atoms with Crippen LogP contribution in [0.2, 0.25) is 0 Å². The number of anilines is 1. The minimum absolute atomic E-state index is 0.116. The van der Waals surface area contributed by atoms with Gasteiger partial charge in [0.2, 0.25) is 0 Å². The van der Waals surface area contributed by atoms with Crippen LogP contribution in [0.15, 0.2) is 30.5 Å². The normalized spacial score (nSPS) is 15.0. The van der Waals surface area contributed by atoms with Gasteiger partial charge in [-0.2, -0.15) is 5.10 Å². The largest absolute Gasteiger partial charge is 0.344 e. The van der Waals surface area contributed by atoms with Gasteiger partial charge in [0.1, 0.15) is 5.69 Å². The summed E-state index contributed by atoms with van der Waals surface area (Å²) in [5, 5.41) is 8.15. The molecular formula is C16H17N5OS. The van der Waals surface area contributed by atoms with E-state index in [1.54, 1.807) is 35.3 Å². The van der Waals surface area contributed by atoms with Gasteiger partial charge in [-0.05, 0) is 30.7 Å². The standard InChI is InChI=1S/C16H17N5OS/c1-10-3-4-12-14(7-10)23-16(18-12)21-8-11(9-21)17-15(22)13-5-6-20(2)19-13/h3-7,11H,8-9H2,1-2H3,(H,17,22). The number of carbonyl (C=O) groups is 1. The van der Waals surface area contributed by atoms with Crippen molar-refractivity contribution in [1.82, 2.24) is 20.1 Å². The first-order valence-corrected chi connectivity index (χ1v) is 8.33. The molecule has 4 rings (SSSR count). The lowest BCUT2D eigenvalue weighted by atomic mass is 10.1. The number of aryl methyl sites for hydroxylation is 2. The summed E-state index contributed by atoms with van der Waals surface area (Å²) in [5.41, 5.74) is 2.75. The molecule has 6 nitrogen and oxygen atoms in total. The average Bonchev–Trinajstić information content (AvgIpc) is 3.07. The Hall–Kier alpha value is -2.41. The van der Waals surface area contributed by atoms with Gasteiger partial charge in [-0.25, -0.2) is 4.98 Å². The fraction of sp³-hybridized carbons (Fsp3) is 0.312. The maximum Gasteiger partial charge on any atom is 0.272 e. The lowest BCUT2D eigenvalue weighted by Crippen LogP contribution is -2.59. The molecular weight excluding hydrogens is 310 g/mol. The minimum atomic E-state index is -0.116. The molecule has 1 N–H and O–H groups in total. The molecule has 0 saturated carbocycles. The number of nitrogens with one attached hydrogen (secondary N) is 1. The van der Waals surface area contributed by atoms with Crippen LogP contribution in [0.25, 0.3) is 10.2 Å². The molecule has 0 bridgehead atoms. The number of hydrogen-bond acceptors (Lipinski definition) is 5. The number of thiazole rings is 1. The van der Waals surface area contributed by atoms with Crippen LogP contribution in [0.1, 0.15) is 16.1 Å². The highest BCUT2D eigenvalue weighted by atomic mass is 32.1. The van der Waals surface area contributed by atoms with E-state index < -0.39 is 0 Å². The molecule has 0 unspecified atom stereocenters. The average molecular weight is 327 g/mol. The summed E-state index contributed by atoms with van der Waals surface area (Å²) in [7, 11) is 1.80. The Morgan fingerprint density at radius 1 is 1.35 bits per heavy atom. The number of aromatic nitrogens is 3. The summed E-state index contributed by atoms with van der Waals surface area (Å²) < 4.78 is 2.84. The Bertz CT molecular complexity index is 878. The van der Waals surface area contributed by atoms with Gasteiger partial charge in [0.05, 0.1) is 16.3 Å². The van der Waals surface area contributed by atoms with E-state index in [-0.39, 0.29) is 11.9 Å². The summed E-state index contributed by atoms with van der Waals surface area (Å²) >= 11 is 1.70. The maximum atomic E-state index is 12.1. The van der Waals surface area contributed by atoms with Crippen molar-refractivity contribution >= 4 is 32.6 Å². The van der Waals surface area contributed by atoms with Gasteiger partial charge in [0, 0.05) is 26.3 Å². The van der Waals surface area contributed by atoms with Crippen molar-refractivity contribution in [3.8, 4) is 0 Å². The third-order valence-corrected chi connectivity index (χ3v) is 5.05. The highest BCUT2D eigenvalue weighted by Gasteiger charge is 2.30. The minimum Gasteiger partial charge on any atom is -0.344 e. The summed E-state index contributed by atoms with van der Waals surface area (Å²) in [6.45, 7) is 3.67. The second-order valence-electron chi connectivity index (χ2n) is 5.92. The zero-order chi connectivity index (χ0) is 16.0. The second kappa shape index (κ2) is 5.34. The zero-order valence-electron chi connectivity index (χ0n) is 13.0. The third kappa shape index (κ3) is 2.68. The predicted octanol–water partition coefficient (Wildman–Crippen LogP) is 1.96. The molecule has 3 aromatic rings. The van der Waals surface area contributed by atoms with E-state index in [2.05, 4.69) is 45.4 Å². The quantitative estimate of drug-likeness (QED) is 0.799. The molecule has 1 aliphatic rings. The van der Waals surface area contributed by atoms with E-state index in [0.717, 1.165) is 23.7 Å². The third-order valence-electron chi connectivity index (χ3n) is 3.97. The molecule has 1 saturated heterocycles. The van der Waals surface area contributed by atoms with Gasteiger partial charge in [0.15, 0.2) is 5.13 Å². The number of rotatable bonds is 3. The van der Waals surface area contributed by atoms with Crippen LogP contribution in [-0.4, -0.2) is 39.8 Å². The van der Waals surface area contributed by atoms with Gasteiger partial charge in [-0.3, -0.25) is 9.48 Å². The molecule has 23 heavy (non-hydrogen) atoms. The smallest absolute Gasteiger partial charge is 0.272 e. The summed E-state index contributed by atoms with van der Waals surface area (Å²) in [6, 6.07) is 8.18. The Morgan fingerprint density at radius 3 is 2.91 bits per heavy atom. The topological polar surface area (TPSA) is 63.1 Å². The first-order valence-electron chi connectivity index (χ1n) is 7.51. The van der Waals surface area contributed by atoms with Crippen molar-refractivity contribution in [3.05, 3.63) is 41.7 Å². The molecule has 1 aromatic carbocycles. The van der Waals surface area contributed by atoms with Crippen molar-refractivity contribution in [2.24, 2.45) is 7.05 Å². The predicted molar refractivity (Wildman–Crippen MR) is 91.0 cm³/mol. The highest BCUT2D eigenvalue weighted by Crippen LogP contribution is 2.31. The number of nitrogens with zero attached hydrogens (tertiary/aromatic N) is 4. The summed E-state index contributed by atoms with van der Waals surface area (Å²) in [5.74, 6) is -0.116. The Kier molecular flexibility index (Phi) is 3.30. The maximum absolute atomic E-state index is 12.1. The van der Waals surface area contributed by atoms with Crippen LogP contribution in [0.5, 0.6) is 0 Å². The number of hydrogen-bond donors (Lipinski definition) is 1. The highest BCUT2D eigenvalue weighted by molar-refractivity contribution is 7.22. The summed E-state index contributed by atoms with van der Waals surface area (Å²) in [6.07, 6.45) is 1.77. The molecule has 1 fully saturated rings. The molecule has 1 amide bonds. The number of carbonyl (C=O) groups excluding carboxylic acids is 1. The van der Waals surface area contributed by atoms with Crippen LogP contribution < -0.4 is 10.2 Å². The molecule has 0 spiro atoms. The Balaban J connectivity index is 1.39. The first kappa shape index (κ1) is 14.2. The second-order valence-corrected chi connectivity index (χ2v) is 6.93. The molecule has 0 aliphatic carbocycles. The monoisotopic (exact) mass is 327 g/mol. The van der Waals surface area contributed by atoms with Crippen LogP contribution in [0.4, 0.5) is 5.13 Å². The number of fused-ring (bicyclic) bond motifs is 1. The molecule has 2 aromatic heterocycles. The fourth-order valence-electron chi connectivity index (χ4n) is 2.68. The van der Waals surface area contributed by atoms with Crippen molar-refractivity contribution in [3.63, 3.8) is 0 Å². The van der Waals surface area contributed by atoms with Crippen molar-refractivity contribution in [2.45, 2.75) is 13.0 Å². The molecule has 0 radical (unpaired) electrons. The molecule has 3 heterocycles. The van der Waals surface area contributed by atoms with Gasteiger partial charge >= 0.3 is 0 Å². The fourth-order valence-corrected chi connectivity index (χ4v) is 3.76. The number of amides is 1. The Morgan fingerprint density at radius 2 is 2.17 bits per heavy atom. The zero-order valence-corrected chi connectivity index (χ0v) is 13.8. The van der Waals surface area contributed by atoms with Crippen molar-refractivity contribution < 1.29 is 4.79 Å². The van der Waals surface area contributed by atoms with Crippen LogP contribution in [-0.2, 0) is 7.05 Å². The van der Waals surface area contributed by atoms with E-state index >= 15 is 0 Å². The molecule has 1 aliphatic heterocycles. The molecule has 0 atom stereocenters. The van der Waals surface area contributed by atoms with E-state index in [9.17, 15) is 4.79 Å². The van der Waals surface area contributed by atoms with Gasteiger partial charge in [0.25, 0.3) is 5.91 Å².